The van der Waals surface area contributed by atoms with E-state index in [-0.39, 0.29) is 0 Å². The highest BCUT2D eigenvalue weighted by Crippen LogP contribution is 2.23. The first-order valence-corrected chi connectivity index (χ1v) is 9.21. The van der Waals surface area contributed by atoms with Gasteiger partial charge in [0.1, 0.15) is 4.21 Å². The van der Waals surface area contributed by atoms with Crippen molar-refractivity contribution >= 4 is 21.4 Å². The van der Waals surface area contributed by atoms with Crippen LogP contribution in [0.1, 0.15) is 26.2 Å². The summed E-state index contributed by atoms with van der Waals surface area (Å²) >= 11 is 1.30. The predicted molar refractivity (Wildman–Crippen MR) is 79.0 cm³/mol. The minimum absolute atomic E-state index is 0.440. The number of nitrogens with zero attached hydrogens (tertiary/aromatic N) is 1. The molecule has 0 aliphatic carbocycles. The number of thiophene rings is 1. The third-order valence-corrected chi connectivity index (χ3v) is 6.66. The minimum atomic E-state index is -3.30. The minimum Gasteiger partial charge on any atom is -0.316 e. The van der Waals surface area contributed by atoms with Gasteiger partial charge in [-0.1, -0.05) is 13.0 Å². The first kappa shape index (κ1) is 15.0. The third kappa shape index (κ3) is 3.78. The van der Waals surface area contributed by atoms with Crippen molar-refractivity contribution in [3.63, 3.8) is 0 Å². The molecule has 1 aromatic rings. The summed E-state index contributed by atoms with van der Waals surface area (Å²) < 4.78 is 27.3. The van der Waals surface area contributed by atoms with E-state index in [1.54, 1.807) is 16.4 Å². The summed E-state index contributed by atoms with van der Waals surface area (Å²) in [6, 6.07) is 3.49. The fourth-order valence-electron chi connectivity index (χ4n) is 2.46. The number of piperidine rings is 1. The summed E-state index contributed by atoms with van der Waals surface area (Å²) in [5.41, 5.74) is 0. The third-order valence-electron chi connectivity index (χ3n) is 3.42. The Balaban J connectivity index is 2.10. The molecule has 1 saturated heterocycles. The van der Waals surface area contributed by atoms with E-state index < -0.39 is 10.0 Å². The second kappa shape index (κ2) is 6.83. The topological polar surface area (TPSA) is 49.4 Å². The van der Waals surface area contributed by atoms with Gasteiger partial charge < -0.3 is 5.32 Å². The van der Waals surface area contributed by atoms with Gasteiger partial charge in [0.25, 0.3) is 10.0 Å². The van der Waals surface area contributed by atoms with Crippen molar-refractivity contribution in [3.05, 3.63) is 17.5 Å². The standard InChI is InChI=1S/C13H22N2O2S2/c1-2-8-15(11-12-5-3-7-14-10-12)19(16,17)13-6-4-9-18-13/h4,6,9,12,14H,2-3,5,7-8,10-11H2,1H3. The fourth-order valence-corrected chi connectivity index (χ4v) is 5.22. The zero-order chi connectivity index (χ0) is 13.7. The quantitative estimate of drug-likeness (QED) is 0.876. The van der Waals surface area contributed by atoms with E-state index in [0.29, 0.717) is 23.2 Å². The highest BCUT2D eigenvalue weighted by molar-refractivity contribution is 7.91. The molecule has 0 amide bonds. The summed E-state index contributed by atoms with van der Waals surface area (Å²) in [4.78, 5) is 0. The molecule has 4 nitrogen and oxygen atoms in total. The van der Waals surface area contributed by atoms with Crippen LogP contribution in [0.5, 0.6) is 0 Å². The summed E-state index contributed by atoms with van der Waals surface area (Å²) in [6.45, 7) is 5.26. The van der Waals surface area contributed by atoms with Crippen molar-refractivity contribution in [1.29, 1.82) is 0 Å². The SMILES string of the molecule is CCCN(CC1CCCNC1)S(=O)(=O)c1cccs1. The lowest BCUT2D eigenvalue weighted by Gasteiger charge is -2.29. The highest BCUT2D eigenvalue weighted by atomic mass is 32.2. The van der Waals surface area contributed by atoms with Crippen molar-refractivity contribution < 1.29 is 8.42 Å². The molecule has 6 heteroatoms. The molecule has 0 radical (unpaired) electrons. The van der Waals surface area contributed by atoms with E-state index in [2.05, 4.69) is 5.32 Å². The van der Waals surface area contributed by atoms with E-state index >= 15 is 0 Å². The van der Waals surface area contributed by atoms with Crippen LogP contribution in [0.15, 0.2) is 21.7 Å². The molecule has 0 saturated carbocycles. The molecule has 1 N–H and O–H groups in total. The maximum absolute atomic E-state index is 12.6. The van der Waals surface area contributed by atoms with Crippen LogP contribution < -0.4 is 5.32 Å². The monoisotopic (exact) mass is 302 g/mol. The lowest BCUT2D eigenvalue weighted by atomic mass is 10.00. The second-order valence-corrected chi connectivity index (χ2v) is 8.12. The average Bonchev–Trinajstić information content (AvgIpc) is 2.94. The lowest BCUT2D eigenvalue weighted by molar-refractivity contribution is 0.292. The molecular formula is C13H22N2O2S2. The molecule has 0 aromatic carbocycles. The smallest absolute Gasteiger partial charge is 0.252 e. The maximum Gasteiger partial charge on any atom is 0.252 e. The Morgan fingerprint density at radius 2 is 2.37 bits per heavy atom. The summed E-state index contributed by atoms with van der Waals surface area (Å²) in [5.74, 6) is 0.440. The Bertz CT molecular complexity index is 465. The van der Waals surface area contributed by atoms with Crippen LogP contribution in [-0.4, -0.2) is 38.9 Å². The molecule has 0 bridgehead atoms. The Kier molecular flexibility index (Phi) is 5.38. The molecule has 19 heavy (non-hydrogen) atoms. The van der Waals surface area contributed by atoms with Gasteiger partial charge in [-0.15, -0.1) is 11.3 Å². The molecule has 1 aliphatic rings. The van der Waals surface area contributed by atoms with Crippen LogP contribution in [0.2, 0.25) is 0 Å². The summed E-state index contributed by atoms with van der Waals surface area (Å²) in [5, 5.41) is 5.17. The maximum atomic E-state index is 12.6. The van der Waals surface area contributed by atoms with Crippen LogP contribution in [0.4, 0.5) is 0 Å². The Morgan fingerprint density at radius 1 is 1.53 bits per heavy atom. The van der Waals surface area contributed by atoms with Crippen molar-refractivity contribution in [2.75, 3.05) is 26.2 Å². The van der Waals surface area contributed by atoms with Gasteiger partial charge in [-0.2, -0.15) is 4.31 Å². The van der Waals surface area contributed by atoms with Gasteiger partial charge >= 0.3 is 0 Å². The predicted octanol–water partition coefficient (Wildman–Crippen LogP) is 2.15. The molecule has 2 rings (SSSR count). The van der Waals surface area contributed by atoms with Gasteiger partial charge in [0, 0.05) is 13.1 Å². The molecule has 0 spiro atoms. The van der Waals surface area contributed by atoms with Gasteiger partial charge in [-0.25, -0.2) is 8.42 Å². The molecule has 2 heterocycles. The number of hydrogen-bond acceptors (Lipinski definition) is 4. The van der Waals surface area contributed by atoms with E-state index in [1.165, 1.54) is 11.3 Å². The van der Waals surface area contributed by atoms with E-state index in [0.717, 1.165) is 32.4 Å². The molecule has 1 aromatic heterocycles. The van der Waals surface area contributed by atoms with Gasteiger partial charge in [0.2, 0.25) is 0 Å². The zero-order valence-corrected chi connectivity index (χ0v) is 13.0. The second-order valence-electron chi connectivity index (χ2n) is 5.01. The normalized spacial score (nSPS) is 20.8. The van der Waals surface area contributed by atoms with Crippen molar-refractivity contribution in [2.24, 2.45) is 5.92 Å². The zero-order valence-electron chi connectivity index (χ0n) is 11.3. The van der Waals surface area contributed by atoms with Gasteiger partial charge in [0.15, 0.2) is 0 Å². The molecule has 1 atom stereocenters. The summed E-state index contributed by atoms with van der Waals surface area (Å²) in [6.07, 6.45) is 3.11. The average molecular weight is 302 g/mol. The summed E-state index contributed by atoms with van der Waals surface area (Å²) in [7, 11) is -3.30. The molecule has 1 fully saturated rings. The van der Waals surface area contributed by atoms with Crippen molar-refractivity contribution in [2.45, 2.75) is 30.4 Å². The van der Waals surface area contributed by atoms with Gasteiger partial charge in [-0.3, -0.25) is 0 Å². The van der Waals surface area contributed by atoms with Crippen molar-refractivity contribution in [1.82, 2.24) is 9.62 Å². The van der Waals surface area contributed by atoms with Crippen molar-refractivity contribution in [3.8, 4) is 0 Å². The van der Waals surface area contributed by atoms with Crippen LogP contribution in [-0.2, 0) is 10.0 Å². The Hall–Kier alpha value is -0.430. The number of hydrogen-bond donors (Lipinski definition) is 1. The lowest BCUT2D eigenvalue weighted by Crippen LogP contribution is -2.41. The molecule has 108 valence electrons. The molecule has 1 aliphatic heterocycles. The van der Waals surface area contributed by atoms with E-state index in [9.17, 15) is 8.42 Å². The van der Waals surface area contributed by atoms with Crippen LogP contribution in [0.25, 0.3) is 0 Å². The van der Waals surface area contributed by atoms with Crippen LogP contribution in [0, 0.1) is 5.92 Å². The van der Waals surface area contributed by atoms with Gasteiger partial charge in [-0.05, 0) is 49.7 Å². The largest absolute Gasteiger partial charge is 0.316 e. The van der Waals surface area contributed by atoms with E-state index in [1.807, 2.05) is 12.3 Å². The van der Waals surface area contributed by atoms with Crippen LogP contribution in [0.3, 0.4) is 0 Å². The Labute approximate surface area is 119 Å². The number of rotatable bonds is 6. The number of nitrogens with one attached hydrogen (secondary N) is 1. The van der Waals surface area contributed by atoms with Crippen LogP contribution >= 0.6 is 11.3 Å². The van der Waals surface area contributed by atoms with E-state index in [4.69, 9.17) is 0 Å². The first-order chi connectivity index (χ1) is 9.14. The first-order valence-electron chi connectivity index (χ1n) is 6.89. The van der Waals surface area contributed by atoms with Gasteiger partial charge in [0.05, 0.1) is 0 Å². The molecule has 1 unspecified atom stereocenters. The molecular weight excluding hydrogens is 280 g/mol. The Morgan fingerprint density at radius 3 is 2.95 bits per heavy atom. The highest BCUT2D eigenvalue weighted by Gasteiger charge is 2.27. The number of sulfonamides is 1. The fraction of sp³-hybridized carbons (Fsp3) is 0.692.